The van der Waals surface area contributed by atoms with E-state index in [2.05, 4.69) is 4.98 Å². The Bertz CT molecular complexity index is 606. The summed E-state index contributed by atoms with van der Waals surface area (Å²) in [4.78, 5) is 16.9. The molecule has 0 aliphatic carbocycles. The minimum Gasteiger partial charge on any atom is -0.492 e. The zero-order chi connectivity index (χ0) is 15.3. The molecule has 3 nitrogen and oxygen atoms in total. The van der Waals surface area contributed by atoms with Gasteiger partial charge in [0.2, 0.25) is 0 Å². The van der Waals surface area contributed by atoms with Crippen LogP contribution in [0.3, 0.4) is 0 Å². The molecule has 3 heteroatoms. The number of rotatable bonds is 6. The van der Waals surface area contributed by atoms with Gasteiger partial charge in [-0.1, -0.05) is 37.3 Å². The topological polar surface area (TPSA) is 39.2 Å². The molecule has 0 aliphatic rings. The van der Waals surface area contributed by atoms with Gasteiger partial charge in [0.05, 0.1) is 18.2 Å². The molecule has 2 rings (SSSR count). The quantitative estimate of drug-likeness (QED) is 0.751. The third-order valence-electron chi connectivity index (χ3n) is 3.51. The number of hydrogen-bond donors (Lipinski definition) is 0. The second-order valence-electron chi connectivity index (χ2n) is 5.58. The molecule has 0 fully saturated rings. The van der Waals surface area contributed by atoms with Gasteiger partial charge in [-0.3, -0.25) is 9.78 Å². The molecule has 110 valence electrons. The maximum absolute atomic E-state index is 12.8. The predicted molar refractivity (Wildman–Crippen MR) is 83.8 cm³/mol. The Hall–Kier alpha value is -2.16. The molecule has 0 radical (unpaired) electrons. The van der Waals surface area contributed by atoms with E-state index in [1.165, 1.54) is 0 Å². The molecule has 0 bridgehead atoms. The summed E-state index contributed by atoms with van der Waals surface area (Å²) in [5, 5.41) is 0. The average molecular weight is 283 g/mol. The van der Waals surface area contributed by atoms with Gasteiger partial charge in [0, 0.05) is 11.8 Å². The van der Waals surface area contributed by atoms with Crippen molar-refractivity contribution in [1.29, 1.82) is 0 Å². The Morgan fingerprint density at radius 1 is 1.19 bits per heavy atom. The van der Waals surface area contributed by atoms with Gasteiger partial charge in [0.15, 0.2) is 5.78 Å². The number of pyridine rings is 1. The highest BCUT2D eigenvalue weighted by Crippen LogP contribution is 2.28. The van der Waals surface area contributed by atoms with Crippen molar-refractivity contribution in [3.05, 3.63) is 59.9 Å². The summed E-state index contributed by atoms with van der Waals surface area (Å²) in [6.45, 7) is 6.54. The molecule has 1 aromatic heterocycles. The third kappa shape index (κ3) is 3.48. The molecule has 2 aromatic rings. The summed E-state index contributed by atoms with van der Waals surface area (Å²) in [6, 6.07) is 11.6. The lowest BCUT2D eigenvalue weighted by atomic mass is 9.78. The van der Waals surface area contributed by atoms with Gasteiger partial charge in [0.1, 0.15) is 5.75 Å². The molecular formula is C18H21NO2. The molecule has 1 aromatic carbocycles. The lowest BCUT2D eigenvalue weighted by Crippen LogP contribution is -2.29. The number of carbonyl (C=O) groups is 1. The van der Waals surface area contributed by atoms with Gasteiger partial charge in [-0.15, -0.1) is 0 Å². The van der Waals surface area contributed by atoms with E-state index in [1.54, 1.807) is 18.5 Å². The summed E-state index contributed by atoms with van der Waals surface area (Å²) in [5.41, 5.74) is 0.985. The second-order valence-corrected chi connectivity index (χ2v) is 5.58. The van der Waals surface area contributed by atoms with E-state index in [4.69, 9.17) is 4.74 Å². The molecule has 0 amide bonds. The van der Waals surface area contributed by atoms with Crippen molar-refractivity contribution in [3.8, 4) is 5.75 Å². The molecule has 21 heavy (non-hydrogen) atoms. The van der Waals surface area contributed by atoms with Gasteiger partial charge in [-0.2, -0.15) is 0 Å². The minimum atomic E-state index is -0.591. The highest BCUT2D eigenvalue weighted by atomic mass is 16.5. The lowest BCUT2D eigenvalue weighted by Gasteiger charge is -2.23. The molecule has 0 saturated carbocycles. The molecule has 0 saturated heterocycles. The summed E-state index contributed by atoms with van der Waals surface area (Å²) < 4.78 is 5.55. The number of carbonyl (C=O) groups excluding carboxylic acids is 1. The number of ether oxygens (including phenoxy) is 1. The fourth-order valence-corrected chi connectivity index (χ4v) is 2.19. The number of benzene rings is 1. The molecule has 0 N–H and O–H groups in total. The van der Waals surface area contributed by atoms with Crippen molar-refractivity contribution >= 4 is 5.78 Å². The van der Waals surface area contributed by atoms with E-state index in [-0.39, 0.29) is 5.78 Å². The largest absolute Gasteiger partial charge is 0.492 e. The van der Waals surface area contributed by atoms with Crippen molar-refractivity contribution in [2.75, 3.05) is 6.61 Å². The summed E-state index contributed by atoms with van der Waals surface area (Å²) in [6.07, 6.45) is 4.17. The Morgan fingerprint density at radius 3 is 2.57 bits per heavy atom. The number of nitrogens with zero attached hydrogens (tertiary/aromatic N) is 1. The van der Waals surface area contributed by atoms with E-state index < -0.39 is 5.41 Å². The van der Waals surface area contributed by atoms with Crippen LogP contribution >= 0.6 is 0 Å². The summed E-state index contributed by atoms with van der Waals surface area (Å²) in [7, 11) is 0. The highest BCUT2D eigenvalue weighted by molar-refractivity contribution is 6.03. The van der Waals surface area contributed by atoms with Crippen molar-refractivity contribution in [2.24, 2.45) is 0 Å². The number of aromatic nitrogens is 1. The summed E-state index contributed by atoms with van der Waals surface area (Å²) in [5.74, 6) is 0.690. The van der Waals surface area contributed by atoms with Gasteiger partial charge < -0.3 is 4.74 Å². The fourth-order valence-electron chi connectivity index (χ4n) is 2.19. The maximum Gasteiger partial charge on any atom is 0.174 e. The van der Waals surface area contributed by atoms with Crippen LogP contribution < -0.4 is 4.74 Å². The first kappa shape index (κ1) is 15.2. The van der Waals surface area contributed by atoms with Crippen LogP contribution in [0.1, 0.15) is 43.1 Å². The SMILES string of the molecule is CCCOc1cncc(C(=O)C(C)(C)c2ccccc2)c1. The Balaban J connectivity index is 2.27. The Kier molecular flexibility index (Phi) is 4.73. The monoisotopic (exact) mass is 283 g/mol. The first-order chi connectivity index (χ1) is 10.1. The van der Waals surface area contributed by atoms with Crippen molar-refractivity contribution in [2.45, 2.75) is 32.6 Å². The number of Topliss-reactive ketones (excluding diaryl/α,β-unsaturated/α-hetero) is 1. The number of ketones is 1. The van der Waals surface area contributed by atoms with Crippen LogP contribution in [0.4, 0.5) is 0 Å². The molecule has 0 unspecified atom stereocenters. The normalized spacial score (nSPS) is 11.2. The van der Waals surface area contributed by atoms with E-state index >= 15 is 0 Å². The fraction of sp³-hybridized carbons (Fsp3) is 0.333. The predicted octanol–water partition coefficient (Wildman–Crippen LogP) is 4.03. The van der Waals surface area contributed by atoms with Gasteiger partial charge >= 0.3 is 0 Å². The Labute approximate surface area is 126 Å². The van der Waals surface area contributed by atoms with E-state index in [0.29, 0.717) is 17.9 Å². The average Bonchev–Trinajstić information content (AvgIpc) is 2.53. The van der Waals surface area contributed by atoms with Crippen LogP contribution in [-0.2, 0) is 5.41 Å². The van der Waals surface area contributed by atoms with Crippen LogP contribution in [0, 0.1) is 0 Å². The van der Waals surface area contributed by atoms with Gasteiger partial charge in [0.25, 0.3) is 0 Å². The minimum absolute atomic E-state index is 0.0446. The standard InChI is InChI=1S/C18H21NO2/c1-4-10-21-16-11-14(12-19-13-16)17(20)18(2,3)15-8-6-5-7-9-15/h5-9,11-13H,4,10H2,1-3H3. The Morgan fingerprint density at radius 2 is 1.90 bits per heavy atom. The third-order valence-corrected chi connectivity index (χ3v) is 3.51. The van der Waals surface area contributed by atoms with Gasteiger partial charge in [-0.05, 0) is 31.9 Å². The van der Waals surface area contributed by atoms with Crippen LogP contribution in [0.25, 0.3) is 0 Å². The van der Waals surface area contributed by atoms with Crippen LogP contribution in [0.5, 0.6) is 5.75 Å². The van der Waals surface area contributed by atoms with Crippen LogP contribution in [-0.4, -0.2) is 17.4 Å². The number of hydrogen-bond acceptors (Lipinski definition) is 3. The van der Waals surface area contributed by atoms with Crippen molar-refractivity contribution < 1.29 is 9.53 Å². The first-order valence-corrected chi connectivity index (χ1v) is 7.24. The zero-order valence-electron chi connectivity index (χ0n) is 12.8. The second kappa shape index (κ2) is 6.53. The smallest absolute Gasteiger partial charge is 0.174 e. The molecule has 0 spiro atoms. The van der Waals surface area contributed by atoms with Gasteiger partial charge in [-0.25, -0.2) is 0 Å². The van der Waals surface area contributed by atoms with Crippen molar-refractivity contribution in [3.63, 3.8) is 0 Å². The maximum atomic E-state index is 12.8. The van der Waals surface area contributed by atoms with Crippen LogP contribution in [0.2, 0.25) is 0 Å². The van der Waals surface area contributed by atoms with E-state index in [1.807, 2.05) is 51.1 Å². The highest BCUT2D eigenvalue weighted by Gasteiger charge is 2.30. The van der Waals surface area contributed by atoms with Crippen molar-refractivity contribution in [1.82, 2.24) is 4.98 Å². The van der Waals surface area contributed by atoms with E-state index in [0.717, 1.165) is 12.0 Å². The molecule has 0 atom stereocenters. The lowest BCUT2D eigenvalue weighted by molar-refractivity contribution is 0.0908. The molecular weight excluding hydrogens is 262 g/mol. The van der Waals surface area contributed by atoms with Crippen LogP contribution in [0.15, 0.2) is 48.8 Å². The first-order valence-electron chi connectivity index (χ1n) is 7.24. The summed E-state index contributed by atoms with van der Waals surface area (Å²) >= 11 is 0. The molecule has 1 heterocycles. The molecule has 0 aliphatic heterocycles. The zero-order valence-corrected chi connectivity index (χ0v) is 12.8. The van der Waals surface area contributed by atoms with E-state index in [9.17, 15) is 4.79 Å².